The van der Waals surface area contributed by atoms with Crippen LogP contribution < -0.4 is 4.74 Å². The molecule has 0 saturated carbocycles. The van der Waals surface area contributed by atoms with Gasteiger partial charge in [-0.15, -0.1) is 0 Å². The zero-order valence-electron chi connectivity index (χ0n) is 11.3. The van der Waals surface area contributed by atoms with E-state index in [0.717, 1.165) is 32.4 Å². The maximum Gasteiger partial charge on any atom is 0.260 e. The van der Waals surface area contributed by atoms with E-state index in [0.29, 0.717) is 10.8 Å². The Labute approximate surface area is 119 Å². The molecule has 1 heterocycles. The number of hydrogen-bond acceptors (Lipinski definition) is 2. The lowest BCUT2D eigenvalue weighted by molar-refractivity contribution is -0.134. The van der Waals surface area contributed by atoms with Gasteiger partial charge in [0.25, 0.3) is 5.91 Å². The summed E-state index contributed by atoms with van der Waals surface area (Å²) in [5, 5.41) is 0.575. The number of hydrogen-bond donors (Lipinski definition) is 0. The smallest absolute Gasteiger partial charge is 0.260 e. The largest absolute Gasteiger partial charge is 0.482 e. The van der Waals surface area contributed by atoms with Gasteiger partial charge in [-0.2, -0.15) is 0 Å². The van der Waals surface area contributed by atoms with Crippen molar-refractivity contribution in [1.29, 1.82) is 0 Å². The fourth-order valence-electron chi connectivity index (χ4n) is 2.26. The molecule has 1 aromatic carbocycles. The first-order valence-electron chi connectivity index (χ1n) is 6.89. The second-order valence-corrected chi connectivity index (χ2v) is 5.26. The van der Waals surface area contributed by atoms with E-state index >= 15 is 0 Å². The fourth-order valence-corrected chi connectivity index (χ4v) is 2.51. The average molecular weight is 282 g/mol. The molecule has 104 valence electrons. The van der Waals surface area contributed by atoms with Crippen molar-refractivity contribution in [2.45, 2.75) is 32.6 Å². The molecule has 2 rings (SSSR count). The minimum absolute atomic E-state index is 0.0512. The second-order valence-electron chi connectivity index (χ2n) is 4.85. The van der Waals surface area contributed by atoms with Crippen molar-refractivity contribution in [1.82, 2.24) is 4.90 Å². The third kappa shape index (κ3) is 3.87. The monoisotopic (exact) mass is 281 g/mol. The molecular formula is C15H20ClNO2. The van der Waals surface area contributed by atoms with Crippen molar-refractivity contribution in [3.63, 3.8) is 0 Å². The van der Waals surface area contributed by atoms with Crippen LogP contribution in [0.5, 0.6) is 5.75 Å². The van der Waals surface area contributed by atoms with Gasteiger partial charge in [0.2, 0.25) is 0 Å². The predicted octanol–water partition coefficient (Wildman–Crippen LogP) is 3.29. The van der Waals surface area contributed by atoms with E-state index in [1.54, 1.807) is 0 Å². The Hall–Kier alpha value is -1.22. The van der Waals surface area contributed by atoms with Crippen LogP contribution in [0.1, 0.15) is 31.7 Å². The Kier molecular flexibility index (Phi) is 5.08. The molecule has 0 unspecified atom stereocenters. The van der Waals surface area contributed by atoms with Crippen LogP contribution in [-0.4, -0.2) is 30.5 Å². The van der Waals surface area contributed by atoms with E-state index in [1.807, 2.05) is 23.1 Å². The molecule has 3 nitrogen and oxygen atoms in total. The lowest BCUT2D eigenvalue weighted by atomic mass is 10.1. The number of carbonyl (C=O) groups excluding carboxylic acids is 1. The van der Waals surface area contributed by atoms with Crippen LogP contribution in [0.15, 0.2) is 18.2 Å². The molecule has 1 fully saturated rings. The van der Waals surface area contributed by atoms with E-state index < -0.39 is 0 Å². The summed E-state index contributed by atoms with van der Waals surface area (Å²) >= 11 is 6.13. The Bertz CT molecular complexity index is 442. The van der Waals surface area contributed by atoms with E-state index in [4.69, 9.17) is 16.3 Å². The summed E-state index contributed by atoms with van der Waals surface area (Å²) in [6, 6.07) is 5.71. The van der Waals surface area contributed by atoms with Crippen LogP contribution in [0.3, 0.4) is 0 Å². The van der Waals surface area contributed by atoms with Gasteiger partial charge in [-0.05, 0) is 43.4 Å². The van der Waals surface area contributed by atoms with Gasteiger partial charge in [0.1, 0.15) is 5.75 Å². The number of carbonyl (C=O) groups is 1. The Morgan fingerprint density at radius 1 is 1.32 bits per heavy atom. The third-order valence-electron chi connectivity index (χ3n) is 3.46. The van der Waals surface area contributed by atoms with Gasteiger partial charge in [0.05, 0.1) is 5.02 Å². The van der Waals surface area contributed by atoms with E-state index in [2.05, 4.69) is 6.92 Å². The summed E-state index contributed by atoms with van der Waals surface area (Å²) in [4.78, 5) is 13.8. The number of benzene rings is 1. The van der Waals surface area contributed by atoms with Gasteiger partial charge in [0.15, 0.2) is 6.61 Å². The lowest BCUT2D eigenvalue weighted by Crippen LogP contribution is -2.38. The highest BCUT2D eigenvalue weighted by molar-refractivity contribution is 6.32. The van der Waals surface area contributed by atoms with E-state index in [9.17, 15) is 4.79 Å². The molecule has 1 aliphatic heterocycles. The highest BCUT2D eigenvalue weighted by Crippen LogP contribution is 2.25. The van der Waals surface area contributed by atoms with Crippen molar-refractivity contribution in [2.24, 2.45) is 0 Å². The van der Waals surface area contributed by atoms with Gasteiger partial charge in [-0.25, -0.2) is 0 Å². The van der Waals surface area contributed by atoms with E-state index in [-0.39, 0.29) is 12.5 Å². The first-order valence-corrected chi connectivity index (χ1v) is 7.27. The molecule has 0 bridgehead atoms. The van der Waals surface area contributed by atoms with Gasteiger partial charge < -0.3 is 9.64 Å². The SMILES string of the molecule is CCc1ccc(OCC(=O)N2CCCCC2)c(Cl)c1. The molecule has 0 aliphatic carbocycles. The maximum atomic E-state index is 12.0. The summed E-state index contributed by atoms with van der Waals surface area (Å²) in [6.45, 7) is 3.85. The molecule has 4 heteroatoms. The number of aryl methyl sites for hydroxylation is 1. The summed E-state index contributed by atoms with van der Waals surface area (Å²) in [5.41, 5.74) is 1.17. The fraction of sp³-hybridized carbons (Fsp3) is 0.533. The van der Waals surface area contributed by atoms with Crippen molar-refractivity contribution >= 4 is 17.5 Å². The van der Waals surface area contributed by atoms with Crippen LogP contribution in [0.2, 0.25) is 5.02 Å². The molecule has 1 aromatic rings. The first kappa shape index (κ1) is 14.2. The van der Waals surface area contributed by atoms with Crippen molar-refractivity contribution in [3.05, 3.63) is 28.8 Å². The molecule has 0 radical (unpaired) electrons. The van der Waals surface area contributed by atoms with Crippen LogP contribution >= 0.6 is 11.6 Å². The topological polar surface area (TPSA) is 29.5 Å². The quantitative estimate of drug-likeness (QED) is 0.847. The summed E-state index contributed by atoms with van der Waals surface area (Å²) in [5.74, 6) is 0.638. The molecule has 1 saturated heterocycles. The van der Waals surface area contributed by atoms with Crippen LogP contribution in [0.25, 0.3) is 0 Å². The predicted molar refractivity (Wildman–Crippen MR) is 76.8 cm³/mol. The van der Waals surface area contributed by atoms with E-state index in [1.165, 1.54) is 12.0 Å². The van der Waals surface area contributed by atoms with Crippen molar-refractivity contribution in [2.75, 3.05) is 19.7 Å². The summed E-state index contributed by atoms with van der Waals surface area (Å²) < 4.78 is 5.53. The number of nitrogens with zero attached hydrogens (tertiary/aromatic N) is 1. The van der Waals surface area contributed by atoms with Crippen molar-refractivity contribution < 1.29 is 9.53 Å². The molecule has 1 amide bonds. The zero-order valence-corrected chi connectivity index (χ0v) is 12.1. The first-order chi connectivity index (χ1) is 9.20. The number of rotatable bonds is 4. The second kappa shape index (κ2) is 6.80. The van der Waals surface area contributed by atoms with Crippen LogP contribution in [0.4, 0.5) is 0 Å². The van der Waals surface area contributed by atoms with Crippen molar-refractivity contribution in [3.8, 4) is 5.75 Å². The average Bonchev–Trinajstić information content (AvgIpc) is 2.46. The Balaban J connectivity index is 1.89. The summed E-state index contributed by atoms with van der Waals surface area (Å²) in [6.07, 6.45) is 4.34. The number of halogens is 1. The summed E-state index contributed by atoms with van der Waals surface area (Å²) in [7, 11) is 0. The molecule has 0 spiro atoms. The maximum absolute atomic E-state index is 12.0. The van der Waals surface area contributed by atoms with Gasteiger partial charge in [0, 0.05) is 13.1 Å². The molecule has 0 aromatic heterocycles. The third-order valence-corrected chi connectivity index (χ3v) is 3.76. The Morgan fingerprint density at radius 2 is 2.05 bits per heavy atom. The molecule has 19 heavy (non-hydrogen) atoms. The highest BCUT2D eigenvalue weighted by atomic mass is 35.5. The number of likely N-dealkylation sites (tertiary alicyclic amines) is 1. The zero-order chi connectivity index (χ0) is 13.7. The van der Waals surface area contributed by atoms with Gasteiger partial charge >= 0.3 is 0 Å². The minimum atomic E-state index is 0.0512. The van der Waals surface area contributed by atoms with Crippen LogP contribution in [0, 0.1) is 0 Å². The molecule has 0 atom stereocenters. The standard InChI is InChI=1S/C15H20ClNO2/c1-2-12-6-7-14(13(16)10-12)19-11-15(18)17-8-4-3-5-9-17/h6-7,10H,2-5,8-9,11H2,1H3. The minimum Gasteiger partial charge on any atom is -0.482 e. The molecule has 1 aliphatic rings. The number of amides is 1. The van der Waals surface area contributed by atoms with Gasteiger partial charge in [-0.1, -0.05) is 24.6 Å². The highest BCUT2D eigenvalue weighted by Gasteiger charge is 2.17. The molecular weight excluding hydrogens is 262 g/mol. The number of piperidine rings is 1. The Morgan fingerprint density at radius 3 is 2.68 bits per heavy atom. The normalized spacial score (nSPS) is 15.4. The van der Waals surface area contributed by atoms with Crippen LogP contribution in [-0.2, 0) is 11.2 Å². The van der Waals surface area contributed by atoms with Gasteiger partial charge in [-0.3, -0.25) is 4.79 Å². The molecule has 0 N–H and O–H groups in total. The number of ether oxygens (including phenoxy) is 1. The lowest BCUT2D eigenvalue weighted by Gasteiger charge is -2.26.